The molecule has 0 atom stereocenters. The van der Waals surface area contributed by atoms with Crippen LogP contribution in [0.5, 0.6) is 5.75 Å². The Morgan fingerprint density at radius 3 is 2.50 bits per heavy atom. The molecule has 4 heteroatoms. The second-order valence-electron chi connectivity index (χ2n) is 5.69. The Labute approximate surface area is 120 Å². The average Bonchev–Trinajstić information content (AvgIpc) is 2.43. The Kier molecular flexibility index (Phi) is 4.65. The summed E-state index contributed by atoms with van der Waals surface area (Å²) in [6.45, 7) is 3.97. The third-order valence-corrected chi connectivity index (χ3v) is 4.21. The number of benzene rings is 1. The van der Waals surface area contributed by atoms with Crippen LogP contribution >= 0.6 is 0 Å². The van der Waals surface area contributed by atoms with Crippen LogP contribution in [0.3, 0.4) is 0 Å². The van der Waals surface area contributed by atoms with E-state index in [1.54, 1.807) is 7.11 Å². The van der Waals surface area contributed by atoms with Gasteiger partial charge in [-0.05, 0) is 51.2 Å². The van der Waals surface area contributed by atoms with Crippen LogP contribution in [0.25, 0.3) is 0 Å². The third-order valence-electron chi connectivity index (χ3n) is 4.21. The van der Waals surface area contributed by atoms with E-state index in [0.717, 1.165) is 48.2 Å². The van der Waals surface area contributed by atoms with Crippen molar-refractivity contribution >= 4 is 11.6 Å². The molecule has 0 aliphatic heterocycles. The van der Waals surface area contributed by atoms with E-state index in [1.165, 1.54) is 0 Å². The van der Waals surface area contributed by atoms with Gasteiger partial charge in [-0.2, -0.15) is 0 Å². The van der Waals surface area contributed by atoms with Gasteiger partial charge in [0, 0.05) is 23.2 Å². The number of carbonyl (C=O) groups is 1. The van der Waals surface area contributed by atoms with E-state index in [4.69, 9.17) is 10.5 Å². The fourth-order valence-electron chi connectivity index (χ4n) is 2.89. The van der Waals surface area contributed by atoms with E-state index in [9.17, 15) is 4.79 Å². The Hall–Kier alpha value is -1.55. The molecule has 1 aromatic rings. The van der Waals surface area contributed by atoms with Crippen LogP contribution < -0.4 is 15.8 Å². The second-order valence-corrected chi connectivity index (χ2v) is 5.69. The molecular formula is C16H24N2O2. The van der Waals surface area contributed by atoms with Gasteiger partial charge in [-0.3, -0.25) is 4.79 Å². The van der Waals surface area contributed by atoms with Crippen LogP contribution in [-0.2, 0) is 4.79 Å². The van der Waals surface area contributed by atoms with Crippen LogP contribution in [0.2, 0.25) is 0 Å². The molecule has 1 fully saturated rings. The van der Waals surface area contributed by atoms with E-state index in [1.807, 2.05) is 26.0 Å². The Balaban J connectivity index is 2.08. The van der Waals surface area contributed by atoms with Crippen LogP contribution in [0.4, 0.5) is 5.69 Å². The molecule has 1 aromatic carbocycles. The number of hydrogen-bond donors (Lipinski definition) is 2. The van der Waals surface area contributed by atoms with Crippen LogP contribution in [0, 0.1) is 19.8 Å². The maximum absolute atomic E-state index is 12.3. The molecule has 20 heavy (non-hydrogen) atoms. The number of aryl methyl sites for hydroxylation is 1. The van der Waals surface area contributed by atoms with Gasteiger partial charge in [-0.15, -0.1) is 0 Å². The molecule has 1 aliphatic carbocycles. The topological polar surface area (TPSA) is 64.3 Å². The van der Waals surface area contributed by atoms with Crippen LogP contribution in [-0.4, -0.2) is 19.1 Å². The first-order valence-corrected chi connectivity index (χ1v) is 7.23. The van der Waals surface area contributed by atoms with Crippen molar-refractivity contribution in [3.8, 4) is 5.75 Å². The summed E-state index contributed by atoms with van der Waals surface area (Å²) in [6.07, 6.45) is 3.65. The molecule has 0 saturated heterocycles. The minimum Gasteiger partial charge on any atom is -0.496 e. The third kappa shape index (κ3) is 3.12. The number of amides is 1. The molecule has 3 N–H and O–H groups in total. The summed E-state index contributed by atoms with van der Waals surface area (Å²) in [7, 11) is 1.66. The Morgan fingerprint density at radius 2 is 1.90 bits per heavy atom. The van der Waals surface area contributed by atoms with E-state index >= 15 is 0 Å². The van der Waals surface area contributed by atoms with Crippen molar-refractivity contribution in [1.29, 1.82) is 0 Å². The number of nitrogens with one attached hydrogen (secondary N) is 1. The molecule has 2 rings (SSSR count). The number of hydrogen-bond acceptors (Lipinski definition) is 3. The highest BCUT2D eigenvalue weighted by atomic mass is 16.5. The number of methoxy groups -OCH3 is 1. The van der Waals surface area contributed by atoms with Crippen molar-refractivity contribution in [2.24, 2.45) is 11.7 Å². The van der Waals surface area contributed by atoms with Crippen molar-refractivity contribution in [2.45, 2.75) is 45.6 Å². The van der Waals surface area contributed by atoms with Gasteiger partial charge < -0.3 is 15.8 Å². The molecule has 0 unspecified atom stereocenters. The van der Waals surface area contributed by atoms with Gasteiger partial charge in [0.25, 0.3) is 0 Å². The lowest BCUT2D eigenvalue weighted by atomic mass is 9.86. The first-order valence-electron chi connectivity index (χ1n) is 7.23. The number of rotatable bonds is 3. The first kappa shape index (κ1) is 14.9. The highest BCUT2D eigenvalue weighted by molar-refractivity contribution is 5.93. The summed E-state index contributed by atoms with van der Waals surface area (Å²) >= 11 is 0. The summed E-state index contributed by atoms with van der Waals surface area (Å²) < 4.78 is 5.39. The predicted octanol–water partition coefficient (Wildman–Crippen LogP) is 2.77. The molecule has 0 bridgehead atoms. The van der Waals surface area contributed by atoms with Gasteiger partial charge in [0.1, 0.15) is 5.75 Å². The van der Waals surface area contributed by atoms with Gasteiger partial charge in [-0.1, -0.05) is 6.07 Å². The largest absolute Gasteiger partial charge is 0.496 e. The molecule has 110 valence electrons. The minimum atomic E-state index is 0.0847. The van der Waals surface area contributed by atoms with Crippen molar-refractivity contribution in [3.63, 3.8) is 0 Å². The van der Waals surface area contributed by atoms with Gasteiger partial charge >= 0.3 is 0 Å². The normalized spacial score (nSPS) is 22.4. The highest BCUT2D eigenvalue weighted by Crippen LogP contribution is 2.30. The summed E-state index contributed by atoms with van der Waals surface area (Å²) in [5, 5.41) is 3.04. The van der Waals surface area contributed by atoms with Gasteiger partial charge in [0.2, 0.25) is 5.91 Å². The smallest absolute Gasteiger partial charge is 0.227 e. The first-order chi connectivity index (χ1) is 9.52. The number of nitrogens with two attached hydrogens (primary N) is 1. The zero-order valence-electron chi connectivity index (χ0n) is 12.5. The van der Waals surface area contributed by atoms with Crippen molar-refractivity contribution < 1.29 is 9.53 Å². The molecule has 1 amide bonds. The number of carbonyl (C=O) groups excluding carboxylic acids is 1. The lowest BCUT2D eigenvalue weighted by molar-refractivity contribution is -0.120. The summed E-state index contributed by atoms with van der Waals surface area (Å²) in [6, 6.07) is 4.18. The minimum absolute atomic E-state index is 0.0847. The van der Waals surface area contributed by atoms with E-state index in [-0.39, 0.29) is 17.9 Å². The van der Waals surface area contributed by atoms with Gasteiger partial charge in [-0.25, -0.2) is 0 Å². The highest BCUT2D eigenvalue weighted by Gasteiger charge is 2.25. The van der Waals surface area contributed by atoms with E-state index in [0.29, 0.717) is 0 Å². The predicted molar refractivity (Wildman–Crippen MR) is 81.0 cm³/mol. The van der Waals surface area contributed by atoms with Gasteiger partial charge in [0.05, 0.1) is 7.11 Å². The SMILES string of the molecule is COc1c(C)ccc(NC(=O)C2CCC(N)CC2)c1C. The fourth-order valence-corrected chi connectivity index (χ4v) is 2.89. The number of anilines is 1. The lowest BCUT2D eigenvalue weighted by Gasteiger charge is -2.25. The standard InChI is InChI=1S/C16H24N2O2/c1-10-4-9-14(11(2)15(10)20-3)18-16(19)12-5-7-13(17)8-6-12/h4,9,12-13H,5-8,17H2,1-3H3,(H,18,19). The molecule has 1 saturated carbocycles. The van der Waals surface area contributed by atoms with Crippen molar-refractivity contribution in [1.82, 2.24) is 0 Å². The molecule has 0 spiro atoms. The molecular weight excluding hydrogens is 252 g/mol. The van der Waals surface area contributed by atoms with Gasteiger partial charge in [0.15, 0.2) is 0 Å². The molecule has 0 heterocycles. The summed E-state index contributed by atoms with van der Waals surface area (Å²) in [4.78, 5) is 12.3. The zero-order chi connectivity index (χ0) is 14.7. The maximum Gasteiger partial charge on any atom is 0.227 e. The van der Waals surface area contributed by atoms with E-state index < -0.39 is 0 Å². The second kappa shape index (κ2) is 6.27. The van der Waals surface area contributed by atoms with Crippen LogP contribution in [0.15, 0.2) is 12.1 Å². The fraction of sp³-hybridized carbons (Fsp3) is 0.562. The van der Waals surface area contributed by atoms with E-state index in [2.05, 4.69) is 5.32 Å². The molecule has 1 aliphatic rings. The lowest BCUT2D eigenvalue weighted by Crippen LogP contribution is -2.32. The summed E-state index contributed by atoms with van der Waals surface area (Å²) in [5.41, 5.74) is 8.78. The average molecular weight is 276 g/mol. The monoisotopic (exact) mass is 276 g/mol. The Morgan fingerprint density at radius 1 is 1.25 bits per heavy atom. The van der Waals surface area contributed by atoms with Crippen molar-refractivity contribution in [3.05, 3.63) is 23.3 Å². The van der Waals surface area contributed by atoms with Crippen molar-refractivity contribution in [2.75, 3.05) is 12.4 Å². The summed E-state index contributed by atoms with van der Waals surface area (Å²) in [5.74, 6) is 1.03. The molecule has 4 nitrogen and oxygen atoms in total. The number of ether oxygens (including phenoxy) is 1. The molecule has 0 aromatic heterocycles. The maximum atomic E-state index is 12.3. The Bertz CT molecular complexity index is 491. The van der Waals surface area contributed by atoms with Crippen LogP contribution in [0.1, 0.15) is 36.8 Å². The quantitative estimate of drug-likeness (QED) is 0.892. The zero-order valence-corrected chi connectivity index (χ0v) is 12.5. The molecule has 0 radical (unpaired) electrons.